The number of carbonyl (C=O) groups excluding carboxylic acids is 2. The Labute approximate surface area is 141 Å². The van der Waals surface area contributed by atoms with Crippen LogP contribution in [-0.4, -0.2) is 24.0 Å². The predicted octanol–water partition coefficient (Wildman–Crippen LogP) is 1.25. The van der Waals surface area contributed by atoms with Gasteiger partial charge in [-0.1, -0.05) is 60.7 Å². The summed E-state index contributed by atoms with van der Waals surface area (Å²) in [4.78, 5) is 27.3. The van der Waals surface area contributed by atoms with Crippen molar-refractivity contribution >= 4 is 17.5 Å². The summed E-state index contributed by atoms with van der Waals surface area (Å²) in [7, 11) is 0. The number of esters is 1. The number of cyclic esters (lactones) is 1. The molecule has 4 nitrogen and oxygen atoms in total. The molecule has 0 spiro atoms. The SMILES string of the molecule is CC(=O)[C@@H]1C(=O)O[C@H](c2ccccc2)C1=[NH+]CCc1ccccc1. The lowest BCUT2D eigenvalue weighted by molar-refractivity contribution is -0.460. The Kier molecular flexibility index (Phi) is 4.85. The summed E-state index contributed by atoms with van der Waals surface area (Å²) in [6.07, 6.45) is 0.299. The van der Waals surface area contributed by atoms with E-state index in [4.69, 9.17) is 4.74 Å². The zero-order valence-corrected chi connectivity index (χ0v) is 13.6. The van der Waals surface area contributed by atoms with Gasteiger partial charge in [0.2, 0.25) is 11.8 Å². The first kappa shape index (κ1) is 16.1. The van der Waals surface area contributed by atoms with Gasteiger partial charge in [-0.25, -0.2) is 4.99 Å². The molecule has 122 valence electrons. The molecular weight excluding hydrogens is 302 g/mol. The van der Waals surface area contributed by atoms with Gasteiger partial charge in [0.1, 0.15) is 6.54 Å². The molecule has 0 unspecified atom stereocenters. The van der Waals surface area contributed by atoms with Crippen molar-refractivity contribution in [1.82, 2.24) is 0 Å². The van der Waals surface area contributed by atoms with Gasteiger partial charge in [0.05, 0.1) is 0 Å². The molecule has 3 rings (SSSR count). The number of Topliss-reactive ketones (excluding diaryl/α,β-unsaturated/α-hetero) is 1. The number of hydrogen-bond donors (Lipinski definition) is 1. The van der Waals surface area contributed by atoms with Crippen LogP contribution < -0.4 is 4.99 Å². The summed E-state index contributed by atoms with van der Waals surface area (Å²) in [6.45, 7) is 2.07. The summed E-state index contributed by atoms with van der Waals surface area (Å²) in [5.74, 6) is -1.50. The molecule has 0 aliphatic carbocycles. The monoisotopic (exact) mass is 322 g/mol. The molecule has 1 saturated heterocycles. The third kappa shape index (κ3) is 3.43. The zero-order valence-electron chi connectivity index (χ0n) is 13.6. The third-order valence-electron chi connectivity index (χ3n) is 4.16. The fourth-order valence-electron chi connectivity index (χ4n) is 2.98. The van der Waals surface area contributed by atoms with Gasteiger partial charge in [0.25, 0.3) is 0 Å². The van der Waals surface area contributed by atoms with Gasteiger partial charge >= 0.3 is 5.97 Å². The largest absolute Gasteiger partial charge is 0.445 e. The lowest BCUT2D eigenvalue weighted by Crippen LogP contribution is -2.76. The third-order valence-corrected chi connectivity index (χ3v) is 4.16. The van der Waals surface area contributed by atoms with Gasteiger partial charge in [-0.2, -0.15) is 0 Å². The van der Waals surface area contributed by atoms with Crippen molar-refractivity contribution in [1.29, 1.82) is 0 Å². The normalized spacial score (nSPS) is 21.7. The van der Waals surface area contributed by atoms with Crippen LogP contribution in [-0.2, 0) is 20.7 Å². The highest BCUT2D eigenvalue weighted by Crippen LogP contribution is 2.29. The minimum absolute atomic E-state index is 0.194. The van der Waals surface area contributed by atoms with E-state index in [0.717, 1.165) is 12.0 Å². The van der Waals surface area contributed by atoms with Crippen molar-refractivity contribution in [2.45, 2.75) is 19.4 Å². The highest BCUT2D eigenvalue weighted by Gasteiger charge is 2.49. The van der Waals surface area contributed by atoms with Crippen LogP contribution in [0.1, 0.15) is 24.2 Å². The van der Waals surface area contributed by atoms with Gasteiger partial charge in [0.15, 0.2) is 11.7 Å². The van der Waals surface area contributed by atoms with Crippen molar-refractivity contribution in [3.8, 4) is 0 Å². The van der Waals surface area contributed by atoms with E-state index in [1.54, 1.807) is 0 Å². The molecule has 0 bridgehead atoms. The summed E-state index contributed by atoms with van der Waals surface area (Å²) >= 11 is 0. The summed E-state index contributed by atoms with van der Waals surface area (Å²) in [5.41, 5.74) is 2.72. The molecule has 2 atom stereocenters. The van der Waals surface area contributed by atoms with E-state index in [-0.39, 0.29) is 5.78 Å². The molecule has 24 heavy (non-hydrogen) atoms. The number of hydrogen-bond acceptors (Lipinski definition) is 3. The Morgan fingerprint density at radius 1 is 1.04 bits per heavy atom. The standard InChI is InChI=1S/C20H19NO3/c1-14(22)17-18(21-13-12-15-8-4-2-5-9-15)19(24-20(17)23)16-10-6-3-7-11-16/h2-11,17,19H,12-13H2,1H3/p+1/t17-,19+/m0/s1. The maximum atomic E-state index is 12.1. The van der Waals surface area contributed by atoms with Crippen LogP contribution in [0.25, 0.3) is 0 Å². The molecule has 0 aromatic heterocycles. The van der Waals surface area contributed by atoms with E-state index >= 15 is 0 Å². The van der Waals surface area contributed by atoms with Gasteiger partial charge in [-0.05, 0) is 12.5 Å². The second kappa shape index (κ2) is 7.21. The van der Waals surface area contributed by atoms with E-state index in [9.17, 15) is 9.59 Å². The molecule has 1 N–H and O–H groups in total. The minimum Gasteiger partial charge on any atom is -0.445 e. The van der Waals surface area contributed by atoms with Crippen molar-refractivity contribution in [2.24, 2.45) is 5.92 Å². The number of rotatable bonds is 5. The molecule has 2 aromatic carbocycles. The first-order valence-electron chi connectivity index (χ1n) is 8.07. The topological polar surface area (TPSA) is 57.3 Å². The van der Waals surface area contributed by atoms with Crippen LogP contribution in [0.5, 0.6) is 0 Å². The number of nitrogens with one attached hydrogen (secondary N) is 1. The molecule has 2 aromatic rings. The molecule has 1 aliphatic heterocycles. The molecule has 0 saturated carbocycles. The first-order chi connectivity index (χ1) is 11.7. The van der Waals surface area contributed by atoms with Crippen molar-refractivity contribution < 1.29 is 19.3 Å². The molecule has 4 heteroatoms. The van der Waals surface area contributed by atoms with Crippen LogP contribution in [0, 0.1) is 5.92 Å². The maximum Gasteiger partial charge on any atom is 0.328 e. The van der Waals surface area contributed by atoms with Gasteiger partial charge in [-0.3, -0.25) is 9.59 Å². The molecule has 0 amide bonds. The average Bonchev–Trinajstić information content (AvgIpc) is 2.93. The number of benzene rings is 2. The molecule has 0 radical (unpaired) electrons. The van der Waals surface area contributed by atoms with Crippen molar-refractivity contribution in [3.63, 3.8) is 0 Å². The molecule has 1 heterocycles. The quantitative estimate of drug-likeness (QED) is 0.666. The van der Waals surface area contributed by atoms with Crippen LogP contribution >= 0.6 is 0 Å². The van der Waals surface area contributed by atoms with E-state index < -0.39 is 18.0 Å². The van der Waals surface area contributed by atoms with Gasteiger partial charge < -0.3 is 4.74 Å². The zero-order chi connectivity index (χ0) is 16.9. The lowest BCUT2D eigenvalue weighted by atomic mass is 9.94. The Morgan fingerprint density at radius 2 is 1.67 bits per heavy atom. The fourth-order valence-corrected chi connectivity index (χ4v) is 2.98. The van der Waals surface area contributed by atoms with Crippen molar-refractivity contribution in [3.05, 3.63) is 71.8 Å². The van der Waals surface area contributed by atoms with Gasteiger partial charge in [0, 0.05) is 12.0 Å². The van der Waals surface area contributed by atoms with Crippen LogP contribution in [0.2, 0.25) is 0 Å². The second-order valence-corrected chi connectivity index (χ2v) is 5.89. The summed E-state index contributed by atoms with van der Waals surface area (Å²) in [5, 5.41) is 0. The Morgan fingerprint density at radius 3 is 2.29 bits per heavy atom. The molecule has 1 fully saturated rings. The number of carbonyl (C=O) groups is 2. The fraction of sp³-hybridized carbons (Fsp3) is 0.250. The Hall–Kier alpha value is -2.75. The molecule has 1 aliphatic rings. The van der Waals surface area contributed by atoms with Gasteiger partial charge in [-0.15, -0.1) is 0 Å². The minimum atomic E-state index is -0.828. The molecular formula is C20H20NO3+. The van der Waals surface area contributed by atoms with E-state index in [1.165, 1.54) is 12.5 Å². The van der Waals surface area contributed by atoms with Crippen LogP contribution in [0.4, 0.5) is 0 Å². The highest BCUT2D eigenvalue weighted by atomic mass is 16.6. The summed E-state index contributed by atoms with van der Waals surface area (Å²) < 4.78 is 5.48. The van der Waals surface area contributed by atoms with E-state index in [0.29, 0.717) is 12.3 Å². The lowest BCUT2D eigenvalue weighted by Gasteiger charge is -2.07. The van der Waals surface area contributed by atoms with Crippen molar-refractivity contribution in [2.75, 3.05) is 6.54 Å². The number of ether oxygens (including phenoxy) is 1. The number of ketones is 1. The summed E-state index contributed by atoms with van der Waals surface area (Å²) in [6, 6.07) is 19.6. The van der Waals surface area contributed by atoms with E-state index in [2.05, 4.69) is 17.1 Å². The average molecular weight is 322 g/mol. The van der Waals surface area contributed by atoms with E-state index in [1.807, 2.05) is 48.5 Å². The highest BCUT2D eigenvalue weighted by molar-refractivity contribution is 6.21. The Bertz CT molecular complexity index is 753. The maximum absolute atomic E-state index is 12.1. The van der Waals surface area contributed by atoms with Crippen LogP contribution in [0.3, 0.4) is 0 Å². The first-order valence-corrected chi connectivity index (χ1v) is 8.07. The Balaban J connectivity index is 1.85. The predicted molar refractivity (Wildman–Crippen MR) is 90.4 cm³/mol. The smallest absolute Gasteiger partial charge is 0.328 e. The second-order valence-electron chi connectivity index (χ2n) is 5.89. The van der Waals surface area contributed by atoms with Crippen LogP contribution in [0.15, 0.2) is 60.7 Å².